The van der Waals surface area contributed by atoms with Gasteiger partial charge in [-0.3, -0.25) is 9.78 Å². The van der Waals surface area contributed by atoms with Crippen LogP contribution in [0.25, 0.3) is 22.4 Å². The number of aromatic nitrogens is 1. The van der Waals surface area contributed by atoms with Crippen LogP contribution in [-0.2, 0) is 14.9 Å². The molecule has 1 fully saturated rings. The predicted molar refractivity (Wildman–Crippen MR) is 153 cm³/mol. The van der Waals surface area contributed by atoms with Crippen molar-refractivity contribution in [2.75, 3.05) is 19.5 Å². The minimum atomic E-state index is -0.304. The lowest BCUT2D eigenvalue weighted by Gasteiger charge is -2.33. The van der Waals surface area contributed by atoms with Crippen LogP contribution in [0.5, 0.6) is 0 Å². The number of amides is 2. The molecule has 1 aliphatic rings. The van der Waals surface area contributed by atoms with Crippen molar-refractivity contribution in [2.24, 2.45) is 5.92 Å². The van der Waals surface area contributed by atoms with Crippen LogP contribution < -0.4 is 5.32 Å². The van der Waals surface area contributed by atoms with Crippen LogP contribution in [0.2, 0.25) is 0 Å². The van der Waals surface area contributed by atoms with E-state index in [4.69, 9.17) is 9.72 Å². The predicted octanol–water partition coefficient (Wildman–Crippen LogP) is 7.30. The topological polar surface area (TPSA) is 71.5 Å². The number of benzene rings is 2. The van der Waals surface area contributed by atoms with Crippen LogP contribution in [0, 0.1) is 5.92 Å². The van der Waals surface area contributed by atoms with Gasteiger partial charge in [-0.1, -0.05) is 75.4 Å². The van der Waals surface area contributed by atoms with Gasteiger partial charge in [0.2, 0.25) is 5.91 Å². The minimum Gasteiger partial charge on any atom is -0.453 e. The Kier molecular flexibility index (Phi) is 8.50. The lowest BCUT2D eigenvalue weighted by molar-refractivity contribution is -0.117. The zero-order valence-electron chi connectivity index (χ0n) is 23.2. The third-order valence-electron chi connectivity index (χ3n) is 7.58. The number of carbonyl (C=O) groups is 2. The molecule has 2 amide bonds. The van der Waals surface area contributed by atoms with Crippen molar-refractivity contribution in [3.63, 3.8) is 0 Å². The van der Waals surface area contributed by atoms with Crippen LogP contribution in [0.4, 0.5) is 10.5 Å². The molecule has 6 nitrogen and oxygen atoms in total. The first-order valence-electron chi connectivity index (χ1n) is 13.4. The van der Waals surface area contributed by atoms with E-state index >= 15 is 0 Å². The molecule has 0 radical (unpaired) electrons. The van der Waals surface area contributed by atoms with Gasteiger partial charge < -0.3 is 15.0 Å². The summed E-state index contributed by atoms with van der Waals surface area (Å²) in [4.78, 5) is 31.2. The zero-order valence-corrected chi connectivity index (χ0v) is 23.2. The van der Waals surface area contributed by atoms with Crippen molar-refractivity contribution in [1.29, 1.82) is 0 Å². The average Bonchev–Trinajstić information content (AvgIpc) is 2.92. The summed E-state index contributed by atoms with van der Waals surface area (Å²) >= 11 is 0. The maximum absolute atomic E-state index is 13.0. The van der Waals surface area contributed by atoms with Gasteiger partial charge in [0.1, 0.15) is 0 Å². The Morgan fingerprint density at radius 1 is 0.974 bits per heavy atom. The van der Waals surface area contributed by atoms with E-state index in [0.29, 0.717) is 18.0 Å². The summed E-state index contributed by atoms with van der Waals surface area (Å²) < 4.78 is 4.84. The summed E-state index contributed by atoms with van der Waals surface area (Å²) in [6.45, 7) is 6.62. The number of anilines is 1. The first-order valence-corrected chi connectivity index (χ1v) is 13.4. The molecule has 0 aliphatic heterocycles. The monoisotopic (exact) mass is 513 g/mol. The van der Waals surface area contributed by atoms with Gasteiger partial charge in [0.05, 0.1) is 24.7 Å². The second-order valence-corrected chi connectivity index (χ2v) is 11.3. The molecule has 6 heteroatoms. The van der Waals surface area contributed by atoms with Gasteiger partial charge in [-0.05, 0) is 54.2 Å². The average molecular weight is 514 g/mol. The summed E-state index contributed by atoms with van der Waals surface area (Å²) in [6.07, 6.45) is 5.50. The number of ether oxygens (including phenoxy) is 1. The summed E-state index contributed by atoms with van der Waals surface area (Å²) in [5.41, 5.74) is 6.03. The maximum atomic E-state index is 13.0. The molecule has 0 saturated heterocycles. The molecule has 1 N–H and O–H groups in total. The minimum absolute atomic E-state index is 0.00198. The van der Waals surface area contributed by atoms with Gasteiger partial charge in [0.15, 0.2) is 0 Å². The van der Waals surface area contributed by atoms with E-state index < -0.39 is 0 Å². The molecule has 3 aromatic rings. The fourth-order valence-corrected chi connectivity index (χ4v) is 5.23. The van der Waals surface area contributed by atoms with Crippen molar-refractivity contribution in [3.8, 4) is 22.4 Å². The molecule has 1 aromatic heterocycles. The third kappa shape index (κ3) is 6.60. The molecule has 1 heterocycles. The molecule has 0 unspecified atom stereocenters. The molecule has 0 bridgehead atoms. The highest BCUT2D eigenvalue weighted by Gasteiger charge is 2.28. The molecular formula is C32H39N3O3. The number of nitrogens with zero attached hydrogens (tertiary/aromatic N) is 2. The van der Waals surface area contributed by atoms with Crippen LogP contribution in [0.15, 0.2) is 66.9 Å². The van der Waals surface area contributed by atoms with Crippen molar-refractivity contribution in [1.82, 2.24) is 9.88 Å². The molecular weight excluding hydrogens is 474 g/mol. The van der Waals surface area contributed by atoms with Gasteiger partial charge >= 0.3 is 6.09 Å². The number of pyridine rings is 1. The second-order valence-electron chi connectivity index (χ2n) is 11.3. The summed E-state index contributed by atoms with van der Waals surface area (Å²) in [7, 11) is 3.19. The van der Waals surface area contributed by atoms with Gasteiger partial charge in [-0.25, -0.2) is 4.79 Å². The van der Waals surface area contributed by atoms with Crippen molar-refractivity contribution < 1.29 is 14.3 Å². The Labute approximate surface area is 226 Å². The quantitative estimate of drug-likeness (QED) is 0.375. The standard InChI is InChI=1S/C32H39N3O3/c1-32(2,3)25-15-13-24(14-16-25)30-28(23-9-7-6-8-10-23)20-26(21-33-30)34-29(36)19-22-11-17-27(18-12-22)35(4)31(37)38-5/h6-10,13-16,20-22,27H,11-12,17-19H2,1-5H3,(H,34,36). The largest absolute Gasteiger partial charge is 0.453 e. The Hall–Kier alpha value is -3.67. The van der Waals surface area contributed by atoms with Crippen LogP contribution >= 0.6 is 0 Å². The fourth-order valence-electron chi connectivity index (χ4n) is 5.23. The van der Waals surface area contributed by atoms with Gasteiger partial charge in [-0.2, -0.15) is 0 Å². The number of carbonyl (C=O) groups excluding carboxylic acids is 2. The third-order valence-corrected chi connectivity index (χ3v) is 7.58. The maximum Gasteiger partial charge on any atom is 0.409 e. The first kappa shape index (κ1) is 27.4. The molecule has 0 spiro atoms. The van der Waals surface area contributed by atoms with E-state index in [2.05, 4.69) is 62.5 Å². The van der Waals surface area contributed by atoms with E-state index in [1.165, 1.54) is 12.7 Å². The highest BCUT2D eigenvalue weighted by molar-refractivity contribution is 5.93. The van der Waals surface area contributed by atoms with E-state index in [1.807, 2.05) is 24.3 Å². The Balaban J connectivity index is 1.47. The van der Waals surface area contributed by atoms with Crippen LogP contribution in [0.3, 0.4) is 0 Å². The molecule has 1 aliphatic carbocycles. The van der Waals surface area contributed by atoms with Crippen molar-refractivity contribution in [3.05, 3.63) is 72.4 Å². The number of nitrogens with one attached hydrogen (secondary N) is 1. The highest BCUT2D eigenvalue weighted by Crippen LogP contribution is 2.34. The van der Waals surface area contributed by atoms with Crippen molar-refractivity contribution in [2.45, 2.75) is 64.3 Å². The number of hydrogen-bond donors (Lipinski definition) is 1. The lowest BCUT2D eigenvalue weighted by Crippen LogP contribution is -2.39. The van der Waals surface area contributed by atoms with Gasteiger partial charge in [0, 0.05) is 30.6 Å². The second kappa shape index (κ2) is 11.8. The molecule has 0 atom stereocenters. The van der Waals surface area contributed by atoms with Crippen LogP contribution in [0.1, 0.15) is 58.4 Å². The smallest absolute Gasteiger partial charge is 0.409 e. The highest BCUT2D eigenvalue weighted by atomic mass is 16.5. The molecule has 2 aromatic carbocycles. The fraction of sp³-hybridized carbons (Fsp3) is 0.406. The van der Waals surface area contributed by atoms with E-state index in [1.54, 1.807) is 18.1 Å². The van der Waals surface area contributed by atoms with Crippen LogP contribution in [-0.4, -0.2) is 42.1 Å². The van der Waals surface area contributed by atoms with Gasteiger partial charge in [-0.15, -0.1) is 0 Å². The van der Waals surface area contributed by atoms with Crippen molar-refractivity contribution >= 4 is 17.7 Å². The van der Waals surface area contributed by atoms with E-state index in [9.17, 15) is 9.59 Å². The zero-order chi connectivity index (χ0) is 27.3. The number of rotatable bonds is 6. The molecule has 1 saturated carbocycles. The summed E-state index contributed by atoms with van der Waals surface area (Å²) in [6, 6.07) is 20.9. The number of hydrogen-bond acceptors (Lipinski definition) is 4. The Morgan fingerprint density at radius 3 is 2.24 bits per heavy atom. The Bertz CT molecular complexity index is 1240. The molecule has 38 heavy (non-hydrogen) atoms. The summed E-state index contributed by atoms with van der Waals surface area (Å²) in [5, 5.41) is 3.08. The number of methoxy groups -OCH3 is 1. The molecule has 4 rings (SSSR count). The first-order chi connectivity index (χ1) is 18.2. The normalized spacial score (nSPS) is 17.5. The lowest BCUT2D eigenvalue weighted by atomic mass is 9.83. The SMILES string of the molecule is COC(=O)N(C)C1CCC(CC(=O)Nc2cnc(-c3ccc(C(C)(C)C)cc3)c(-c3ccccc3)c2)CC1. The van der Waals surface area contributed by atoms with E-state index in [-0.39, 0.29) is 23.5 Å². The van der Waals surface area contributed by atoms with E-state index in [0.717, 1.165) is 48.1 Å². The van der Waals surface area contributed by atoms with Gasteiger partial charge in [0.25, 0.3) is 0 Å². The summed E-state index contributed by atoms with van der Waals surface area (Å²) in [5.74, 6) is 0.303. The Morgan fingerprint density at radius 2 is 1.63 bits per heavy atom. The molecule has 200 valence electrons.